The molecule has 20 heavy (non-hydrogen) atoms. The number of hydrogen-bond donors (Lipinski definition) is 1. The monoisotopic (exact) mass is 269 g/mol. The molecule has 4 heteroatoms. The molecule has 0 saturated carbocycles. The Morgan fingerprint density at radius 1 is 1.00 bits per heavy atom. The van der Waals surface area contributed by atoms with Crippen LogP contribution < -0.4 is 5.43 Å². The number of amides is 1. The molecule has 0 aromatic carbocycles. The number of carbonyl (C=O) groups excluding carboxylic acids is 1. The van der Waals surface area contributed by atoms with Crippen LogP contribution in [0.3, 0.4) is 0 Å². The van der Waals surface area contributed by atoms with Gasteiger partial charge in [0.05, 0.1) is 0 Å². The van der Waals surface area contributed by atoms with Gasteiger partial charge >= 0.3 is 0 Å². The molecular formula is C16H19N3O. The number of piperazine rings is 1. The van der Waals surface area contributed by atoms with Gasteiger partial charge in [-0.3, -0.25) is 10.2 Å². The van der Waals surface area contributed by atoms with Gasteiger partial charge in [0, 0.05) is 31.7 Å². The van der Waals surface area contributed by atoms with E-state index in [1.807, 2.05) is 47.5 Å². The Bertz CT molecular complexity index is 576. The highest BCUT2D eigenvalue weighted by Crippen LogP contribution is 2.26. The van der Waals surface area contributed by atoms with Crippen LogP contribution >= 0.6 is 0 Å². The normalized spacial score (nSPS) is 17.2. The van der Waals surface area contributed by atoms with Crippen molar-refractivity contribution in [2.24, 2.45) is 0 Å². The van der Waals surface area contributed by atoms with E-state index in [4.69, 9.17) is 0 Å². The number of rotatable bonds is 2. The van der Waals surface area contributed by atoms with Gasteiger partial charge in [0.15, 0.2) is 0 Å². The van der Waals surface area contributed by atoms with E-state index in [9.17, 15) is 4.79 Å². The lowest BCUT2D eigenvalue weighted by molar-refractivity contribution is 0.0663. The molecule has 0 spiro atoms. The summed E-state index contributed by atoms with van der Waals surface area (Å²) in [6.07, 6.45) is 0. The van der Waals surface area contributed by atoms with E-state index in [1.54, 1.807) is 0 Å². The number of nitrogens with zero attached hydrogens (tertiary/aromatic N) is 2. The highest BCUT2D eigenvalue weighted by atomic mass is 16.2. The molecule has 3 aliphatic rings. The molecule has 3 rings (SSSR count). The Kier molecular flexibility index (Phi) is 3.67. The van der Waals surface area contributed by atoms with Crippen molar-refractivity contribution in [3.05, 3.63) is 48.0 Å². The van der Waals surface area contributed by atoms with Crippen LogP contribution in [0.1, 0.15) is 10.4 Å². The lowest BCUT2D eigenvalue weighted by Crippen LogP contribution is -2.52. The minimum absolute atomic E-state index is 0.0178. The first-order valence-corrected chi connectivity index (χ1v) is 6.96. The van der Waals surface area contributed by atoms with Crippen LogP contribution in [-0.2, 0) is 0 Å². The zero-order valence-corrected chi connectivity index (χ0v) is 11.7. The Morgan fingerprint density at radius 3 is 2.55 bits per heavy atom. The average Bonchev–Trinajstić information content (AvgIpc) is 2.71. The fourth-order valence-corrected chi connectivity index (χ4v) is 2.53. The molecule has 1 N–H and O–H groups in total. The van der Waals surface area contributed by atoms with Crippen molar-refractivity contribution >= 4 is 5.91 Å². The lowest BCUT2D eigenvalue weighted by atomic mass is 10.1. The van der Waals surface area contributed by atoms with E-state index in [0.717, 1.165) is 42.9 Å². The van der Waals surface area contributed by atoms with E-state index < -0.39 is 0 Å². The molecule has 1 fully saturated rings. The summed E-state index contributed by atoms with van der Waals surface area (Å²) in [4.78, 5) is 14.7. The first-order chi connectivity index (χ1) is 9.74. The quantitative estimate of drug-likeness (QED) is 0.901. The summed E-state index contributed by atoms with van der Waals surface area (Å²) in [7, 11) is 2.10. The molecule has 1 heterocycles. The third-order valence-electron chi connectivity index (χ3n) is 3.80. The maximum absolute atomic E-state index is 12.4. The summed E-state index contributed by atoms with van der Waals surface area (Å²) in [5.74, 6) is -0.0178. The van der Waals surface area contributed by atoms with Crippen LogP contribution in [0.15, 0.2) is 42.5 Å². The summed E-state index contributed by atoms with van der Waals surface area (Å²) < 4.78 is 0. The molecule has 0 bridgehead atoms. The Labute approximate surface area is 119 Å². The van der Waals surface area contributed by atoms with E-state index in [1.165, 1.54) is 0 Å². The van der Waals surface area contributed by atoms with Crippen LogP contribution in [-0.4, -0.2) is 49.0 Å². The number of fused-ring (bicyclic) bond motifs is 1. The second kappa shape index (κ2) is 5.61. The van der Waals surface area contributed by atoms with E-state index in [0.29, 0.717) is 0 Å². The summed E-state index contributed by atoms with van der Waals surface area (Å²) in [5, 5.41) is 2.00. The lowest BCUT2D eigenvalue weighted by Gasteiger charge is -2.32. The van der Waals surface area contributed by atoms with Crippen LogP contribution in [0.4, 0.5) is 0 Å². The third kappa shape index (κ3) is 2.66. The topological polar surface area (TPSA) is 35.6 Å². The molecule has 1 aliphatic heterocycles. The number of nitrogens with one attached hydrogen (secondary N) is 1. The minimum atomic E-state index is -0.0178. The Balaban J connectivity index is 1.74. The second-order valence-corrected chi connectivity index (χ2v) is 5.26. The SMILES string of the molecule is CN1CCN(NC(=O)c2ccc3cccccc2-3)CC1. The maximum atomic E-state index is 12.4. The summed E-state index contributed by atoms with van der Waals surface area (Å²) in [6.45, 7) is 3.71. The molecule has 104 valence electrons. The van der Waals surface area contributed by atoms with E-state index >= 15 is 0 Å². The van der Waals surface area contributed by atoms with Crippen molar-refractivity contribution in [2.75, 3.05) is 33.2 Å². The highest BCUT2D eigenvalue weighted by molar-refractivity contribution is 6.01. The van der Waals surface area contributed by atoms with Gasteiger partial charge in [0.1, 0.15) is 0 Å². The molecule has 0 atom stereocenters. The average molecular weight is 269 g/mol. The molecule has 0 radical (unpaired) electrons. The molecule has 1 amide bonds. The Hall–Kier alpha value is -1.91. The van der Waals surface area contributed by atoms with Gasteiger partial charge in [-0.05, 0) is 24.2 Å². The summed E-state index contributed by atoms with van der Waals surface area (Å²) in [6, 6.07) is 13.8. The molecule has 0 unspecified atom stereocenters. The van der Waals surface area contributed by atoms with Gasteiger partial charge in [-0.15, -0.1) is 0 Å². The molecule has 4 nitrogen and oxygen atoms in total. The first-order valence-electron chi connectivity index (χ1n) is 6.96. The van der Waals surface area contributed by atoms with Crippen LogP contribution in [0.25, 0.3) is 11.1 Å². The highest BCUT2D eigenvalue weighted by Gasteiger charge is 2.19. The predicted octanol–water partition coefficient (Wildman–Crippen LogP) is 1.68. The van der Waals surface area contributed by atoms with Crippen molar-refractivity contribution < 1.29 is 4.79 Å². The van der Waals surface area contributed by atoms with Gasteiger partial charge < -0.3 is 4.90 Å². The van der Waals surface area contributed by atoms with Crippen molar-refractivity contribution in [1.82, 2.24) is 15.3 Å². The first kappa shape index (κ1) is 13.1. The largest absolute Gasteiger partial charge is 0.304 e. The zero-order valence-electron chi connectivity index (χ0n) is 11.7. The fraction of sp³-hybridized carbons (Fsp3) is 0.312. The molecule has 2 aliphatic carbocycles. The third-order valence-corrected chi connectivity index (χ3v) is 3.80. The standard InChI is InChI=1S/C16H19N3O/c1-18-9-11-19(12-10-18)17-16(20)15-8-7-13-5-3-2-4-6-14(13)15/h2-8H,9-12H2,1H3,(H,17,20). The van der Waals surface area contributed by atoms with Gasteiger partial charge in [-0.25, -0.2) is 5.01 Å². The van der Waals surface area contributed by atoms with Crippen LogP contribution in [0.2, 0.25) is 0 Å². The van der Waals surface area contributed by atoms with Gasteiger partial charge in [-0.2, -0.15) is 0 Å². The molecule has 0 aromatic rings. The van der Waals surface area contributed by atoms with Crippen molar-refractivity contribution in [2.45, 2.75) is 0 Å². The van der Waals surface area contributed by atoms with E-state index in [-0.39, 0.29) is 5.91 Å². The van der Waals surface area contributed by atoms with Crippen molar-refractivity contribution in [3.8, 4) is 11.1 Å². The summed E-state index contributed by atoms with van der Waals surface area (Å²) >= 11 is 0. The van der Waals surface area contributed by atoms with Gasteiger partial charge in [0.2, 0.25) is 0 Å². The number of likely N-dealkylation sites (N-methyl/N-ethyl adjacent to an activating group) is 1. The predicted molar refractivity (Wildman–Crippen MR) is 79.6 cm³/mol. The van der Waals surface area contributed by atoms with Crippen LogP contribution in [0, 0.1) is 0 Å². The van der Waals surface area contributed by atoms with Gasteiger partial charge in [0.25, 0.3) is 5.91 Å². The smallest absolute Gasteiger partial charge is 0.266 e. The number of hydrogen-bond acceptors (Lipinski definition) is 3. The van der Waals surface area contributed by atoms with E-state index in [2.05, 4.69) is 17.4 Å². The molecule has 0 aromatic heterocycles. The zero-order chi connectivity index (χ0) is 13.9. The van der Waals surface area contributed by atoms with Crippen molar-refractivity contribution in [1.29, 1.82) is 0 Å². The van der Waals surface area contributed by atoms with Gasteiger partial charge in [-0.1, -0.05) is 36.4 Å². The number of carbonyl (C=O) groups is 1. The minimum Gasteiger partial charge on any atom is -0.304 e. The second-order valence-electron chi connectivity index (χ2n) is 5.26. The number of hydrazine groups is 1. The Morgan fingerprint density at radius 2 is 1.75 bits per heavy atom. The summed E-state index contributed by atoms with van der Waals surface area (Å²) in [5.41, 5.74) is 5.85. The van der Waals surface area contributed by atoms with Crippen molar-refractivity contribution in [3.63, 3.8) is 0 Å². The molecular weight excluding hydrogens is 250 g/mol. The fourth-order valence-electron chi connectivity index (χ4n) is 2.53. The molecule has 1 saturated heterocycles. The van der Waals surface area contributed by atoms with Crippen LogP contribution in [0.5, 0.6) is 0 Å². The maximum Gasteiger partial charge on any atom is 0.266 e.